The maximum absolute atomic E-state index is 12.4. The Morgan fingerprint density at radius 3 is 2.59 bits per heavy atom. The first-order valence-corrected chi connectivity index (χ1v) is 7.72. The van der Waals surface area contributed by atoms with E-state index < -0.39 is 0 Å². The highest BCUT2D eigenvalue weighted by Crippen LogP contribution is 2.26. The van der Waals surface area contributed by atoms with Gasteiger partial charge in [-0.1, -0.05) is 20.8 Å². The van der Waals surface area contributed by atoms with Crippen molar-refractivity contribution in [1.29, 1.82) is 0 Å². The first kappa shape index (κ1) is 16.5. The van der Waals surface area contributed by atoms with Crippen LogP contribution in [0, 0.1) is 5.41 Å². The SMILES string of the molecule is CCOC(=O)c1c2c(nn1C)CCN(C(=O)CC(C)(C)C)C2. The first-order valence-electron chi connectivity index (χ1n) is 7.72. The van der Waals surface area contributed by atoms with Gasteiger partial charge < -0.3 is 9.64 Å². The number of carbonyl (C=O) groups excluding carboxylic acids is 2. The number of rotatable bonds is 3. The van der Waals surface area contributed by atoms with Gasteiger partial charge in [0.2, 0.25) is 5.91 Å². The Balaban J connectivity index is 2.22. The lowest BCUT2D eigenvalue weighted by molar-refractivity contribution is -0.134. The van der Waals surface area contributed by atoms with Crippen molar-refractivity contribution in [2.24, 2.45) is 12.5 Å². The Hall–Kier alpha value is -1.85. The predicted octanol–water partition coefficient (Wildman–Crippen LogP) is 1.92. The Bertz CT molecular complexity index is 584. The first-order chi connectivity index (χ1) is 10.2. The van der Waals surface area contributed by atoms with Gasteiger partial charge in [0.15, 0.2) is 5.69 Å². The molecule has 0 aromatic carbocycles. The normalized spacial score (nSPS) is 14.7. The number of fused-ring (bicyclic) bond motifs is 1. The van der Waals surface area contributed by atoms with Crippen molar-refractivity contribution in [2.45, 2.75) is 47.1 Å². The number of aryl methyl sites for hydroxylation is 1. The van der Waals surface area contributed by atoms with Gasteiger partial charge in [0, 0.05) is 38.5 Å². The van der Waals surface area contributed by atoms with Gasteiger partial charge in [-0.3, -0.25) is 9.48 Å². The average Bonchev–Trinajstić information content (AvgIpc) is 2.71. The molecule has 1 aliphatic rings. The van der Waals surface area contributed by atoms with Crippen LogP contribution >= 0.6 is 0 Å². The standard InChI is InChI=1S/C16H25N3O3/c1-6-22-15(21)14-11-10-19(13(20)9-16(2,3)4)8-7-12(11)17-18(14)5/h6-10H2,1-5H3. The molecule has 0 fully saturated rings. The minimum Gasteiger partial charge on any atom is -0.461 e. The summed E-state index contributed by atoms with van der Waals surface area (Å²) in [6.07, 6.45) is 1.18. The largest absolute Gasteiger partial charge is 0.461 e. The smallest absolute Gasteiger partial charge is 0.356 e. The molecule has 0 atom stereocenters. The molecule has 0 aliphatic carbocycles. The van der Waals surface area contributed by atoms with Gasteiger partial charge in [0.25, 0.3) is 0 Å². The van der Waals surface area contributed by atoms with Gasteiger partial charge in [0.1, 0.15) is 0 Å². The lowest BCUT2D eigenvalue weighted by Gasteiger charge is -2.29. The van der Waals surface area contributed by atoms with Gasteiger partial charge in [0.05, 0.1) is 12.3 Å². The van der Waals surface area contributed by atoms with Gasteiger partial charge in [-0.15, -0.1) is 0 Å². The number of esters is 1. The molecule has 1 aliphatic heterocycles. The fraction of sp³-hybridized carbons (Fsp3) is 0.688. The van der Waals surface area contributed by atoms with E-state index in [1.54, 1.807) is 18.7 Å². The van der Waals surface area contributed by atoms with Crippen LogP contribution in [0.5, 0.6) is 0 Å². The van der Waals surface area contributed by atoms with Crippen molar-refractivity contribution < 1.29 is 14.3 Å². The molecule has 0 unspecified atom stereocenters. The summed E-state index contributed by atoms with van der Waals surface area (Å²) < 4.78 is 6.68. The second-order valence-electron chi connectivity index (χ2n) is 6.92. The molecule has 6 nitrogen and oxygen atoms in total. The van der Waals surface area contributed by atoms with E-state index in [2.05, 4.69) is 5.10 Å². The molecule has 0 saturated carbocycles. The quantitative estimate of drug-likeness (QED) is 0.800. The van der Waals surface area contributed by atoms with E-state index >= 15 is 0 Å². The predicted molar refractivity (Wildman–Crippen MR) is 82.4 cm³/mol. The molecule has 1 aromatic heterocycles. The molecule has 0 spiro atoms. The van der Waals surface area contributed by atoms with Crippen molar-refractivity contribution in [1.82, 2.24) is 14.7 Å². The van der Waals surface area contributed by atoms with Gasteiger partial charge in [-0.05, 0) is 12.3 Å². The highest BCUT2D eigenvalue weighted by molar-refractivity contribution is 5.90. The third-order valence-corrected chi connectivity index (χ3v) is 3.70. The van der Waals surface area contributed by atoms with E-state index in [1.807, 2.05) is 25.7 Å². The summed E-state index contributed by atoms with van der Waals surface area (Å²) in [7, 11) is 1.74. The Labute approximate surface area is 131 Å². The van der Waals surface area contributed by atoms with Crippen LogP contribution in [0.2, 0.25) is 0 Å². The number of hydrogen-bond acceptors (Lipinski definition) is 4. The summed E-state index contributed by atoms with van der Waals surface area (Å²) in [5.41, 5.74) is 2.14. The van der Waals surface area contributed by atoms with Crippen LogP contribution in [0.25, 0.3) is 0 Å². The molecular formula is C16H25N3O3. The van der Waals surface area contributed by atoms with Crippen molar-refractivity contribution in [3.63, 3.8) is 0 Å². The molecule has 0 bridgehead atoms. The second-order valence-corrected chi connectivity index (χ2v) is 6.92. The molecule has 2 rings (SSSR count). The summed E-state index contributed by atoms with van der Waals surface area (Å²) in [5, 5.41) is 4.40. The maximum Gasteiger partial charge on any atom is 0.356 e. The van der Waals surface area contributed by atoms with Crippen LogP contribution in [0.1, 0.15) is 55.9 Å². The van der Waals surface area contributed by atoms with Gasteiger partial charge >= 0.3 is 5.97 Å². The fourth-order valence-electron chi connectivity index (χ4n) is 2.73. The number of nitrogens with zero attached hydrogens (tertiary/aromatic N) is 3. The minimum absolute atomic E-state index is 0.0454. The number of ether oxygens (including phenoxy) is 1. The summed E-state index contributed by atoms with van der Waals surface area (Å²) in [6, 6.07) is 0. The molecule has 2 heterocycles. The van der Waals surface area contributed by atoms with Crippen LogP contribution in [-0.4, -0.2) is 39.7 Å². The third-order valence-electron chi connectivity index (χ3n) is 3.70. The van der Waals surface area contributed by atoms with Crippen molar-refractivity contribution >= 4 is 11.9 Å². The van der Waals surface area contributed by atoms with Gasteiger partial charge in [-0.25, -0.2) is 4.79 Å². The lowest BCUT2D eigenvalue weighted by Crippen LogP contribution is -2.38. The number of hydrogen-bond donors (Lipinski definition) is 0. The monoisotopic (exact) mass is 307 g/mol. The summed E-state index contributed by atoms with van der Waals surface area (Å²) in [5.74, 6) is -0.249. The van der Waals surface area contributed by atoms with E-state index in [4.69, 9.17) is 4.74 Å². The molecule has 0 N–H and O–H groups in total. The Kier molecular flexibility index (Phi) is 4.58. The van der Waals surface area contributed by atoms with Crippen LogP contribution < -0.4 is 0 Å². The van der Waals surface area contributed by atoms with Crippen LogP contribution in [0.15, 0.2) is 0 Å². The number of amides is 1. The molecule has 0 radical (unpaired) electrons. The highest BCUT2D eigenvalue weighted by atomic mass is 16.5. The van der Waals surface area contributed by atoms with E-state index in [9.17, 15) is 9.59 Å². The zero-order valence-corrected chi connectivity index (χ0v) is 14.1. The van der Waals surface area contributed by atoms with Crippen molar-refractivity contribution in [2.75, 3.05) is 13.2 Å². The maximum atomic E-state index is 12.4. The van der Waals surface area contributed by atoms with Crippen molar-refractivity contribution in [3.8, 4) is 0 Å². The molecule has 6 heteroatoms. The zero-order valence-electron chi connectivity index (χ0n) is 14.1. The number of carbonyl (C=O) groups is 2. The third kappa shape index (κ3) is 3.48. The molecular weight excluding hydrogens is 282 g/mol. The summed E-state index contributed by atoms with van der Waals surface area (Å²) in [4.78, 5) is 26.4. The Morgan fingerprint density at radius 2 is 2.00 bits per heavy atom. The lowest BCUT2D eigenvalue weighted by atomic mass is 9.91. The summed E-state index contributed by atoms with van der Waals surface area (Å²) in [6.45, 7) is 9.34. The topological polar surface area (TPSA) is 64.4 Å². The molecule has 122 valence electrons. The number of aromatic nitrogens is 2. The summed E-state index contributed by atoms with van der Waals surface area (Å²) >= 11 is 0. The van der Waals surface area contributed by atoms with Crippen molar-refractivity contribution in [3.05, 3.63) is 17.0 Å². The molecule has 1 amide bonds. The minimum atomic E-state index is -0.371. The molecule has 1 aromatic rings. The average molecular weight is 307 g/mol. The Morgan fingerprint density at radius 1 is 1.32 bits per heavy atom. The molecule has 0 saturated heterocycles. The second kappa shape index (κ2) is 6.10. The van der Waals surface area contributed by atoms with E-state index in [0.29, 0.717) is 38.2 Å². The van der Waals surface area contributed by atoms with Crippen LogP contribution in [0.3, 0.4) is 0 Å². The molecule has 22 heavy (non-hydrogen) atoms. The van der Waals surface area contributed by atoms with E-state index in [0.717, 1.165) is 11.3 Å². The fourth-order valence-corrected chi connectivity index (χ4v) is 2.73. The highest BCUT2D eigenvalue weighted by Gasteiger charge is 2.31. The van der Waals surface area contributed by atoms with Crippen LogP contribution in [0.4, 0.5) is 0 Å². The zero-order chi connectivity index (χ0) is 16.5. The van der Waals surface area contributed by atoms with Crippen LogP contribution in [-0.2, 0) is 29.5 Å². The van der Waals surface area contributed by atoms with E-state index in [-0.39, 0.29) is 17.3 Å². The van der Waals surface area contributed by atoms with Gasteiger partial charge in [-0.2, -0.15) is 5.10 Å². The van der Waals surface area contributed by atoms with E-state index in [1.165, 1.54) is 0 Å².